The smallest absolute Gasteiger partial charge is 0.326 e. The van der Waals surface area contributed by atoms with E-state index in [1.54, 1.807) is 54.5 Å². The average molecular weight is 460 g/mol. The number of hydrogen-bond acceptors (Lipinski definition) is 4. The highest BCUT2D eigenvalue weighted by Crippen LogP contribution is 2.33. The Kier molecular flexibility index (Phi) is 6.63. The summed E-state index contributed by atoms with van der Waals surface area (Å²) in [6.45, 7) is 1.07. The molecule has 162 valence electrons. The first-order chi connectivity index (χ1) is 15.0. The van der Waals surface area contributed by atoms with Crippen molar-refractivity contribution in [1.82, 2.24) is 14.8 Å². The minimum atomic E-state index is -0.339. The molecule has 0 bridgehead atoms. The molecule has 1 aliphatic heterocycles. The molecule has 0 saturated heterocycles. The van der Waals surface area contributed by atoms with Gasteiger partial charge in [0.2, 0.25) is 0 Å². The second-order valence-corrected chi connectivity index (χ2v) is 8.21. The van der Waals surface area contributed by atoms with E-state index in [1.807, 2.05) is 0 Å². The van der Waals surface area contributed by atoms with E-state index in [-0.39, 0.29) is 12.6 Å². The first-order valence-corrected chi connectivity index (χ1v) is 10.9. The van der Waals surface area contributed by atoms with Crippen LogP contribution in [0.5, 0.6) is 5.75 Å². The van der Waals surface area contributed by atoms with Crippen LogP contribution in [-0.2, 0) is 19.5 Å². The van der Waals surface area contributed by atoms with Gasteiger partial charge in [0, 0.05) is 28.7 Å². The Labute approximate surface area is 190 Å². The number of urea groups is 1. The number of aryl methyl sites for hydroxylation is 1. The van der Waals surface area contributed by atoms with E-state index in [0.717, 1.165) is 43.9 Å². The van der Waals surface area contributed by atoms with Gasteiger partial charge in [-0.05, 0) is 55.3 Å². The molecule has 0 aliphatic carbocycles. The SMILES string of the molecule is COc1ccc(Cl)cc1N(Cc1nnc2n1CCCCC2)C(=O)Nc1ccc(Cl)cc1. The number of anilines is 2. The number of amides is 2. The first-order valence-electron chi connectivity index (χ1n) is 10.1. The van der Waals surface area contributed by atoms with Crippen molar-refractivity contribution in [2.45, 2.75) is 38.8 Å². The van der Waals surface area contributed by atoms with Gasteiger partial charge in [0.1, 0.15) is 11.6 Å². The molecular formula is C22H23Cl2N5O2. The molecule has 31 heavy (non-hydrogen) atoms. The number of fused-ring (bicyclic) bond motifs is 1. The van der Waals surface area contributed by atoms with Gasteiger partial charge in [-0.1, -0.05) is 29.6 Å². The molecule has 1 aliphatic rings. The lowest BCUT2D eigenvalue weighted by Crippen LogP contribution is -2.36. The number of aromatic nitrogens is 3. The molecule has 2 amide bonds. The first kappa shape index (κ1) is 21.5. The largest absolute Gasteiger partial charge is 0.495 e. The number of benzene rings is 2. The quantitative estimate of drug-likeness (QED) is 0.541. The highest BCUT2D eigenvalue weighted by Gasteiger charge is 2.24. The summed E-state index contributed by atoms with van der Waals surface area (Å²) >= 11 is 12.2. The molecule has 1 N–H and O–H groups in total. The summed E-state index contributed by atoms with van der Waals surface area (Å²) in [7, 11) is 1.56. The Hall–Kier alpha value is -2.77. The lowest BCUT2D eigenvalue weighted by Gasteiger charge is -2.25. The Balaban J connectivity index is 1.69. The Morgan fingerprint density at radius 1 is 1.10 bits per heavy atom. The third-order valence-corrected chi connectivity index (χ3v) is 5.75. The van der Waals surface area contributed by atoms with Crippen LogP contribution in [0.4, 0.5) is 16.2 Å². The fourth-order valence-electron chi connectivity index (χ4n) is 3.67. The fraction of sp³-hybridized carbons (Fsp3) is 0.318. The Morgan fingerprint density at radius 3 is 2.65 bits per heavy atom. The molecule has 0 unspecified atom stereocenters. The number of carbonyl (C=O) groups is 1. The van der Waals surface area contributed by atoms with Crippen LogP contribution in [-0.4, -0.2) is 27.9 Å². The Morgan fingerprint density at radius 2 is 1.87 bits per heavy atom. The molecule has 0 fully saturated rings. The van der Waals surface area contributed by atoms with E-state index >= 15 is 0 Å². The van der Waals surface area contributed by atoms with Gasteiger partial charge in [-0.2, -0.15) is 0 Å². The summed E-state index contributed by atoms with van der Waals surface area (Å²) in [5.74, 6) is 2.22. The van der Waals surface area contributed by atoms with Crippen molar-refractivity contribution in [2.75, 3.05) is 17.3 Å². The number of halogens is 2. The van der Waals surface area contributed by atoms with Crippen molar-refractivity contribution < 1.29 is 9.53 Å². The maximum Gasteiger partial charge on any atom is 0.326 e. The zero-order chi connectivity index (χ0) is 21.8. The summed E-state index contributed by atoms with van der Waals surface area (Å²) in [6.07, 6.45) is 4.21. The van der Waals surface area contributed by atoms with E-state index < -0.39 is 0 Å². The molecule has 0 spiro atoms. The monoisotopic (exact) mass is 459 g/mol. The number of nitrogens with zero attached hydrogens (tertiary/aromatic N) is 4. The number of rotatable bonds is 5. The van der Waals surface area contributed by atoms with Gasteiger partial charge in [-0.25, -0.2) is 4.79 Å². The van der Waals surface area contributed by atoms with Gasteiger partial charge >= 0.3 is 6.03 Å². The van der Waals surface area contributed by atoms with Gasteiger partial charge in [0.25, 0.3) is 0 Å². The maximum absolute atomic E-state index is 13.4. The lowest BCUT2D eigenvalue weighted by atomic mass is 10.2. The summed E-state index contributed by atoms with van der Waals surface area (Å²) in [5.41, 5.74) is 1.17. The van der Waals surface area contributed by atoms with Crippen molar-refractivity contribution in [1.29, 1.82) is 0 Å². The standard InChI is InChI=1S/C22H23Cl2N5O2/c1-31-19-11-8-16(24)13-18(19)29(22(30)25-17-9-6-15(23)7-10-17)14-21-27-26-20-5-3-2-4-12-28(20)21/h6-11,13H,2-5,12,14H2,1H3,(H,25,30). The van der Waals surface area contributed by atoms with Crippen molar-refractivity contribution in [2.24, 2.45) is 0 Å². The molecule has 0 atom stereocenters. The third kappa shape index (κ3) is 4.94. The highest BCUT2D eigenvalue weighted by molar-refractivity contribution is 6.31. The molecule has 7 nitrogen and oxygen atoms in total. The van der Waals surface area contributed by atoms with Gasteiger partial charge in [0.05, 0.1) is 19.3 Å². The van der Waals surface area contributed by atoms with E-state index in [4.69, 9.17) is 27.9 Å². The van der Waals surface area contributed by atoms with Gasteiger partial charge in [-0.15, -0.1) is 10.2 Å². The average Bonchev–Trinajstić information content (AvgIpc) is 2.99. The van der Waals surface area contributed by atoms with Crippen LogP contribution in [0.3, 0.4) is 0 Å². The van der Waals surface area contributed by atoms with E-state index in [9.17, 15) is 4.79 Å². The molecule has 3 aromatic rings. The Bertz CT molecular complexity index is 1070. The molecular weight excluding hydrogens is 437 g/mol. The van der Waals surface area contributed by atoms with Gasteiger partial charge < -0.3 is 14.6 Å². The molecule has 0 radical (unpaired) electrons. The second-order valence-electron chi connectivity index (χ2n) is 7.33. The van der Waals surface area contributed by atoms with Crippen molar-refractivity contribution in [3.8, 4) is 5.75 Å². The predicted octanol–water partition coefficient (Wildman–Crippen LogP) is 5.56. The van der Waals surface area contributed by atoms with E-state index in [0.29, 0.717) is 27.2 Å². The van der Waals surface area contributed by atoms with Crippen molar-refractivity contribution >= 4 is 40.6 Å². The summed E-state index contributed by atoms with van der Waals surface area (Å²) in [5, 5.41) is 12.8. The summed E-state index contributed by atoms with van der Waals surface area (Å²) in [6, 6.07) is 11.8. The number of nitrogens with one attached hydrogen (secondary N) is 1. The molecule has 2 aromatic carbocycles. The number of methoxy groups -OCH3 is 1. The molecule has 1 aromatic heterocycles. The van der Waals surface area contributed by atoms with Crippen LogP contribution < -0.4 is 15.0 Å². The van der Waals surface area contributed by atoms with Crippen LogP contribution in [0.25, 0.3) is 0 Å². The van der Waals surface area contributed by atoms with Crippen LogP contribution in [0.2, 0.25) is 10.0 Å². The minimum absolute atomic E-state index is 0.225. The summed E-state index contributed by atoms with van der Waals surface area (Å²) in [4.78, 5) is 14.9. The van der Waals surface area contributed by atoms with Gasteiger partial charge in [-0.3, -0.25) is 4.90 Å². The molecule has 0 saturated carbocycles. The zero-order valence-electron chi connectivity index (χ0n) is 17.1. The van der Waals surface area contributed by atoms with Crippen molar-refractivity contribution in [3.63, 3.8) is 0 Å². The second kappa shape index (κ2) is 9.58. The molecule has 4 rings (SSSR count). The molecule has 9 heteroatoms. The predicted molar refractivity (Wildman–Crippen MR) is 122 cm³/mol. The van der Waals surface area contributed by atoms with Crippen LogP contribution in [0.15, 0.2) is 42.5 Å². The highest BCUT2D eigenvalue weighted by atomic mass is 35.5. The number of ether oxygens (including phenoxy) is 1. The van der Waals surface area contributed by atoms with Gasteiger partial charge in [0.15, 0.2) is 5.82 Å². The normalized spacial score (nSPS) is 13.3. The topological polar surface area (TPSA) is 72.3 Å². The van der Waals surface area contributed by atoms with Crippen LogP contribution >= 0.6 is 23.2 Å². The van der Waals surface area contributed by atoms with Crippen molar-refractivity contribution in [3.05, 3.63) is 64.2 Å². The van der Waals surface area contributed by atoms with E-state index in [1.165, 1.54) is 0 Å². The summed E-state index contributed by atoms with van der Waals surface area (Å²) < 4.78 is 7.63. The fourth-order valence-corrected chi connectivity index (χ4v) is 3.96. The zero-order valence-corrected chi connectivity index (χ0v) is 18.7. The third-order valence-electron chi connectivity index (χ3n) is 5.26. The van der Waals surface area contributed by atoms with Crippen LogP contribution in [0.1, 0.15) is 30.9 Å². The van der Waals surface area contributed by atoms with Crippen LogP contribution in [0, 0.1) is 0 Å². The van der Waals surface area contributed by atoms with E-state index in [2.05, 4.69) is 20.1 Å². The number of carbonyl (C=O) groups excluding carboxylic acids is 1. The molecule has 2 heterocycles. The minimum Gasteiger partial charge on any atom is -0.495 e. The number of hydrogen-bond donors (Lipinski definition) is 1. The lowest BCUT2D eigenvalue weighted by molar-refractivity contribution is 0.256. The maximum atomic E-state index is 13.4.